The average molecular weight is 380 g/mol. The smallest absolute Gasteiger partial charge is 0.218 e. The van der Waals surface area contributed by atoms with Gasteiger partial charge in [0.15, 0.2) is 0 Å². The molecule has 0 saturated carbocycles. The summed E-state index contributed by atoms with van der Waals surface area (Å²) in [5.41, 5.74) is 0.821. The van der Waals surface area contributed by atoms with E-state index in [0.717, 1.165) is 24.2 Å². The Balaban J connectivity index is 1.57. The van der Waals surface area contributed by atoms with Gasteiger partial charge < -0.3 is 4.74 Å². The summed E-state index contributed by atoms with van der Waals surface area (Å²) < 4.78 is 32.8. The van der Waals surface area contributed by atoms with Crippen molar-refractivity contribution in [2.75, 3.05) is 19.7 Å². The zero-order valence-corrected chi connectivity index (χ0v) is 15.5. The van der Waals surface area contributed by atoms with Crippen molar-refractivity contribution in [2.24, 2.45) is 5.92 Å². The molecule has 2 aromatic rings. The number of benzene rings is 2. The molecule has 6 heteroatoms. The topological polar surface area (TPSA) is 46.6 Å². The summed E-state index contributed by atoms with van der Waals surface area (Å²) in [7, 11) is -3.30. The van der Waals surface area contributed by atoms with Crippen LogP contribution in [0.5, 0.6) is 5.75 Å². The van der Waals surface area contributed by atoms with E-state index < -0.39 is 10.0 Å². The Morgan fingerprint density at radius 2 is 1.80 bits per heavy atom. The summed E-state index contributed by atoms with van der Waals surface area (Å²) in [6, 6.07) is 16.5. The third-order valence-corrected chi connectivity index (χ3v) is 6.43. The lowest BCUT2D eigenvalue weighted by Gasteiger charge is -2.31. The van der Waals surface area contributed by atoms with Gasteiger partial charge in [0.05, 0.1) is 12.4 Å². The molecule has 0 radical (unpaired) electrons. The van der Waals surface area contributed by atoms with Crippen LogP contribution in [-0.4, -0.2) is 32.4 Å². The lowest BCUT2D eigenvalue weighted by Crippen LogP contribution is -2.42. The van der Waals surface area contributed by atoms with Crippen molar-refractivity contribution in [2.45, 2.75) is 18.6 Å². The lowest BCUT2D eigenvalue weighted by atomic mass is 10.0. The van der Waals surface area contributed by atoms with Crippen LogP contribution in [0.25, 0.3) is 0 Å². The van der Waals surface area contributed by atoms with Crippen LogP contribution in [-0.2, 0) is 15.8 Å². The maximum atomic E-state index is 12.7. The maximum absolute atomic E-state index is 12.7. The van der Waals surface area contributed by atoms with Crippen molar-refractivity contribution in [1.29, 1.82) is 0 Å². The van der Waals surface area contributed by atoms with Crippen LogP contribution in [0, 0.1) is 5.92 Å². The number of ether oxygens (including phenoxy) is 1. The van der Waals surface area contributed by atoms with Gasteiger partial charge >= 0.3 is 0 Å². The van der Waals surface area contributed by atoms with E-state index in [1.807, 2.05) is 42.5 Å². The first-order chi connectivity index (χ1) is 12.0. The predicted molar refractivity (Wildman–Crippen MR) is 100 cm³/mol. The van der Waals surface area contributed by atoms with Gasteiger partial charge in [-0.15, -0.1) is 0 Å². The zero-order chi connectivity index (χ0) is 17.7. The number of rotatable bonds is 6. The average Bonchev–Trinajstić information content (AvgIpc) is 2.62. The van der Waals surface area contributed by atoms with Gasteiger partial charge in [-0.05, 0) is 42.7 Å². The summed E-state index contributed by atoms with van der Waals surface area (Å²) in [5.74, 6) is 1.02. The minimum Gasteiger partial charge on any atom is -0.493 e. The van der Waals surface area contributed by atoms with Gasteiger partial charge in [0.2, 0.25) is 10.0 Å². The molecular formula is C19H22ClNO3S. The first kappa shape index (κ1) is 18.2. The summed E-state index contributed by atoms with van der Waals surface area (Å²) in [6.45, 7) is 1.62. The van der Waals surface area contributed by atoms with Crippen molar-refractivity contribution in [3.8, 4) is 5.75 Å². The molecule has 0 spiro atoms. The number of nitrogens with zero attached hydrogens (tertiary/aromatic N) is 1. The second kappa shape index (κ2) is 8.21. The Labute approximate surface area is 154 Å². The van der Waals surface area contributed by atoms with Gasteiger partial charge in [-0.3, -0.25) is 0 Å². The highest BCUT2D eigenvalue weighted by Gasteiger charge is 2.29. The molecule has 0 N–H and O–H groups in total. The fourth-order valence-electron chi connectivity index (χ4n) is 3.04. The van der Waals surface area contributed by atoms with Crippen LogP contribution in [0.1, 0.15) is 18.4 Å². The molecule has 1 unspecified atom stereocenters. The fraction of sp³-hybridized carbons (Fsp3) is 0.368. The Morgan fingerprint density at radius 1 is 1.08 bits per heavy atom. The summed E-state index contributed by atoms with van der Waals surface area (Å²) in [5, 5.41) is 0.670. The molecular weight excluding hydrogens is 358 g/mol. The van der Waals surface area contributed by atoms with Crippen LogP contribution in [0.2, 0.25) is 5.02 Å². The molecule has 1 aliphatic rings. The Morgan fingerprint density at radius 3 is 2.52 bits per heavy atom. The second-order valence-electron chi connectivity index (χ2n) is 6.37. The second-order valence-corrected chi connectivity index (χ2v) is 8.78. The van der Waals surface area contributed by atoms with Gasteiger partial charge in [0, 0.05) is 24.0 Å². The number of sulfonamides is 1. The predicted octanol–water partition coefficient (Wildman–Crippen LogP) is 3.96. The van der Waals surface area contributed by atoms with Crippen molar-refractivity contribution < 1.29 is 13.2 Å². The molecule has 2 aromatic carbocycles. The molecule has 1 heterocycles. The third-order valence-electron chi connectivity index (χ3n) is 4.37. The van der Waals surface area contributed by atoms with E-state index in [4.69, 9.17) is 16.3 Å². The standard InChI is InChI=1S/C19H22ClNO3S/c20-18-8-10-19(11-9-18)24-14-17-7-4-12-21(13-17)25(22,23)15-16-5-2-1-3-6-16/h1-3,5-6,8-11,17H,4,7,12-15H2. The Kier molecular flexibility index (Phi) is 5.99. The maximum Gasteiger partial charge on any atom is 0.218 e. The highest BCUT2D eigenvalue weighted by Crippen LogP contribution is 2.23. The van der Waals surface area contributed by atoms with Gasteiger partial charge in [-0.2, -0.15) is 0 Å². The molecule has 134 valence electrons. The quantitative estimate of drug-likeness (QED) is 0.763. The highest BCUT2D eigenvalue weighted by atomic mass is 35.5. The van der Waals surface area contributed by atoms with Crippen LogP contribution < -0.4 is 4.74 Å². The molecule has 25 heavy (non-hydrogen) atoms. The molecule has 3 rings (SSSR count). The molecule has 0 amide bonds. The van der Waals surface area contributed by atoms with Crippen molar-refractivity contribution >= 4 is 21.6 Å². The monoisotopic (exact) mass is 379 g/mol. The molecule has 4 nitrogen and oxygen atoms in total. The van der Waals surface area contributed by atoms with E-state index in [-0.39, 0.29) is 11.7 Å². The van der Waals surface area contributed by atoms with E-state index in [1.54, 1.807) is 16.4 Å². The number of hydrogen-bond acceptors (Lipinski definition) is 3. The summed E-state index contributed by atoms with van der Waals surface area (Å²) in [4.78, 5) is 0. The summed E-state index contributed by atoms with van der Waals surface area (Å²) in [6.07, 6.45) is 1.84. The van der Waals surface area contributed by atoms with E-state index >= 15 is 0 Å². The van der Waals surface area contributed by atoms with E-state index in [2.05, 4.69) is 0 Å². The Bertz CT molecular complexity index is 778. The van der Waals surface area contributed by atoms with Crippen molar-refractivity contribution in [3.63, 3.8) is 0 Å². The number of piperidine rings is 1. The van der Waals surface area contributed by atoms with Crippen LogP contribution in [0.15, 0.2) is 54.6 Å². The zero-order valence-electron chi connectivity index (χ0n) is 14.0. The molecule has 0 aromatic heterocycles. The van der Waals surface area contributed by atoms with Crippen LogP contribution in [0.3, 0.4) is 0 Å². The van der Waals surface area contributed by atoms with Gasteiger partial charge in [-0.1, -0.05) is 41.9 Å². The first-order valence-corrected chi connectivity index (χ1v) is 10.4. The third kappa shape index (κ3) is 5.21. The van der Waals surface area contributed by atoms with Crippen molar-refractivity contribution in [3.05, 3.63) is 65.2 Å². The van der Waals surface area contributed by atoms with Gasteiger partial charge in [-0.25, -0.2) is 12.7 Å². The molecule has 1 saturated heterocycles. The van der Waals surface area contributed by atoms with Crippen LogP contribution in [0.4, 0.5) is 0 Å². The summed E-state index contributed by atoms with van der Waals surface area (Å²) >= 11 is 5.87. The first-order valence-electron chi connectivity index (χ1n) is 8.43. The molecule has 0 aliphatic carbocycles. The van der Waals surface area contributed by atoms with Gasteiger partial charge in [0.1, 0.15) is 5.75 Å². The molecule has 1 aliphatic heterocycles. The van der Waals surface area contributed by atoms with E-state index in [0.29, 0.717) is 24.7 Å². The van der Waals surface area contributed by atoms with Gasteiger partial charge in [0.25, 0.3) is 0 Å². The lowest BCUT2D eigenvalue weighted by molar-refractivity contribution is 0.180. The minimum absolute atomic E-state index is 0.0542. The van der Waals surface area contributed by atoms with E-state index in [1.165, 1.54) is 0 Å². The van der Waals surface area contributed by atoms with Crippen molar-refractivity contribution in [1.82, 2.24) is 4.31 Å². The largest absolute Gasteiger partial charge is 0.493 e. The molecule has 1 atom stereocenters. The normalized spacial score (nSPS) is 18.8. The fourth-order valence-corrected chi connectivity index (χ4v) is 4.80. The SMILES string of the molecule is O=S(=O)(Cc1ccccc1)N1CCCC(COc2ccc(Cl)cc2)C1. The van der Waals surface area contributed by atoms with Crippen LogP contribution >= 0.6 is 11.6 Å². The van der Waals surface area contributed by atoms with E-state index in [9.17, 15) is 8.42 Å². The minimum atomic E-state index is -3.30. The molecule has 1 fully saturated rings. The number of hydrogen-bond donors (Lipinski definition) is 0. The highest BCUT2D eigenvalue weighted by molar-refractivity contribution is 7.88. The Hall–Kier alpha value is -1.56. The molecule has 0 bridgehead atoms. The number of halogens is 1.